The van der Waals surface area contributed by atoms with Crippen molar-refractivity contribution in [1.82, 2.24) is 4.72 Å². The second-order valence-corrected chi connectivity index (χ2v) is 6.15. The Balaban J connectivity index is -0.00000147. The summed E-state index contributed by atoms with van der Waals surface area (Å²) < 4.78 is 88.0. The van der Waals surface area contributed by atoms with Gasteiger partial charge in [-0.25, -0.2) is 17.3 Å². The van der Waals surface area contributed by atoms with Crippen molar-refractivity contribution in [3.63, 3.8) is 0 Å². The summed E-state index contributed by atoms with van der Waals surface area (Å²) in [5, 5.41) is 9.58. The van der Waals surface area contributed by atoms with E-state index < -0.39 is 64.2 Å². The molecule has 0 amide bonds. The molecule has 1 heterocycles. The Hall–Kier alpha value is 2.93. The third-order valence-electron chi connectivity index (χ3n) is 2.37. The normalized spacial score (nSPS) is 29.3. The Bertz CT molecular complexity index is 507. The number of aliphatic hydroxyl groups is 1. The summed E-state index contributed by atoms with van der Waals surface area (Å²) in [7, 11) is -5.00. The van der Waals surface area contributed by atoms with Crippen molar-refractivity contribution in [3.05, 3.63) is 0 Å². The number of rotatable bonds is 7. The molecule has 0 saturated carbocycles. The molecule has 1 saturated heterocycles. The fourth-order valence-corrected chi connectivity index (χ4v) is 2.85. The van der Waals surface area contributed by atoms with Gasteiger partial charge in [-0.15, -0.1) is 0 Å². The van der Waals surface area contributed by atoms with Gasteiger partial charge in [-0.05, 0) is 0 Å². The molecule has 0 aromatic heterocycles. The van der Waals surface area contributed by atoms with E-state index in [4.69, 9.17) is 4.74 Å². The van der Waals surface area contributed by atoms with Crippen LogP contribution >= 0.6 is 0 Å². The molecule has 12 nitrogen and oxygen atoms in total. The van der Waals surface area contributed by atoms with Crippen molar-refractivity contribution < 1.29 is 137 Å². The molecule has 1 fully saturated rings. The Labute approximate surface area is 209 Å². The Morgan fingerprint density at radius 3 is 2.21 bits per heavy atom. The van der Waals surface area contributed by atoms with Gasteiger partial charge in [-0.1, -0.05) is 0 Å². The largest absolute Gasteiger partial charge is 1.00 e. The first-order valence-corrected chi connectivity index (χ1v) is 8.55. The average molecular weight is 437 g/mol. The van der Waals surface area contributed by atoms with Gasteiger partial charge >= 0.3 is 88.7 Å². The van der Waals surface area contributed by atoms with Gasteiger partial charge in [0.15, 0.2) is 6.29 Å². The van der Waals surface area contributed by atoms with Crippen LogP contribution in [0.5, 0.6) is 0 Å². The number of hydrogen-bond donors (Lipinski definition) is 2. The molecule has 1 aliphatic heterocycles. The van der Waals surface area contributed by atoms with Crippen LogP contribution in [-0.4, -0.2) is 66.7 Å². The van der Waals surface area contributed by atoms with Crippen LogP contribution in [0, 0.1) is 0 Å². The summed E-state index contributed by atoms with van der Waals surface area (Å²) >= 11 is -5.87. The fraction of sp³-hybridized carbons (Fsp3) is 1.00. The summed E-state index contributed by atoms with van der Waals surface area (Å²) in [6.07, 6.45) is -4.77. The van der Waals surface area contributed by atoms with E-state index >= 15 is 0 Å². The first-order valence-electron chi connectivity index (χ1n) is 5.14. The number of ether oxygens (including phenoxy) is 1. The minimum Gasteiger partial charge on any atom is -0.760 e. The van der Waals surface area contributed by atoms with Crippen LogP contribution in [0.25, 0.3) is 0 Å². The molecule has 0 radical (unpaired) electrons. The SMILES string of the molecule is O=S([O-])NC1[C@H](O)OC(COS(=O)(=O)[O-])C[C@H]1OS(=O)[O-].[Na+].[Na+].[Na+]. The zero-order valence-electron chi connectivity index (χ0n) is 13.0. The molecule has 0 spiro atoms. The average Bonchev–Trinajstić information content (AvgIpc) is 2.29. The van der Waals surface area contributed by atoms with Crippen LogP contribution < -0.4 is 93.4 Å². The van der Waals surface area contributed by atoms with E-state index in [1.54, 1.807) is 4.72 Å². The zero-order valence-corrected chi connectivity index (χ0v) is 21.4. The van der Waals surface area contributed by atoms with Crippen molar-refractivity contribution >= 4 is 33.0 Å². The maximum Gasteiger partial charge on any atom is 1.00 e. The predicted octanol–water partition coefficient (Wildman–Crippen LogP) is -12.5. The first-order chi connectivity index (χ1) is 9.58. The van der Waals surface area contributed by atoms with Crippen molar-refractivity contribution in [3.8, 4) is 0 Å². The smallest absolute Gasteiger partial charge is 0.760 e. The Kier molecular flexibility index (Phi) is 19.6. The Morgan fingerprint density at radius 1 is 1.25 bits per heavy atom. The molecule has 4 unspecified atom stereocenters. The van der Waals surface area contributed by atoms with Gasteiger partial charge in [0.1, 0.15) is 0 Å². The van der Waals surface area contributed by atoms with Crippen molar-refractivity contribution in [1.29, 1.82) is 0 Å². The van der Waals surface area contributed by atoms with Gasteiger partial charge < -0.3 is 23.5 Å². The van der Waals surface area contributed by atoms with E-state index in [1.807, 2.05) is 0 Å². The maximum absolute atomic E-state index is 10.6. The molecule has 0 aliphatic carbocycles. The molecule has 0 bridgehead atoms. The monoisotopic (exact) mass is 437 g/mol. The third kappa shape index (κ3) is 13.2. The molecule has 24 heavy (non-hydrogen) atoms. The van der Waals surface area contributed by atoms with Gasteiger partial charge in [0.05, 0.1) is 36.2 Å². The maximum atomic E-state index is 10.6. The standard InChI is InChI=1S/C6H13NO11S3.3Na/c8-6-5(7-19(9)10)4(18-20(11)12)1-3(17-6)2-16-21(13,14)15;;;/h3-8H,1-2H2,(H,9,10)(H,11,12)(H,13,14,15);;;/q;3*+1/p-3/t3?,4-,5?,6-;;;/m1.../s1. The second kappa shape index (κ2) is 14.9. The topological polar surface area (TPSA) is 197 Å². The van der Waals surface area contributed by atoms with Gasteiger partial charge in [-0.2, -0.15) is 0 Å². The quantitative estimate of drug-likeness (QED) is 0.166. The summed E-state index contributed by atoms with van der Waals surface area (Å²) in [6, 6.07) is -1.44. The van der Waals surface area contributed by atoms with E-state index in [-0.39, 0.29) is 95.1 Å². The van der Waals surface area contributed by atoms with Crippen LogP contribution in [0.2, 0.25) is 0 Å². The van der Waals surface area contributed by atoms with E-state index in [1.165, 1.54) is 0 Å². The number of nitrogens with one attached hydrogen (secondary N) is 1. The molecule has 6 atom stereocenters. The number of aliphatic hydroxyl groups excluding tert-OH is 1. The summed E-state index contributed by atoms with van der Waals surface area (Å²) in [5.74, 6) is 0. The van der Waals surface area contributed by atoms with E-state index in [9.17, 15) is 35.6 Å². The van der Waals surface area contributed by atoms with Gasteiger partial charge in [0, 0.05) is 17.7 Å². The van der Waals surface area contributed by atoms with Gasteiger partial charge in [0.2, 0.25) is 10.4 Å². The summed E-state index contributed by atoms with van der Waals surface area (Å²) in [4.78, 5) is 0. The van der Waals surface area contributed by atoms with Gasteiger partial charge in [0.25, 0.3) is 0 Å². The fourth-order valence-electron chi connectivity index (χ4n) is 1.64. The molecule has 18 heteroatoms. The van der Waals surface area contributed by atoms with E-state index in [0.717, 1.165) is 0 Å². The van der Waals surface area contributed by atoms with Crippen LogP contribution in [0.4, 0.5) is 0 Å². The minimum absolute atomic E-state index is 0. The number of hydrogen-bond acceptors (Lipinski definition) is 11. The van der Waals surface area contributed by atoms with Crippen LogP contribution in [0.3, 0.4) is 0 Å². The molecular weight excluding hydrogens is 427 g/mol. The van der Waals surface area contributed by atoms with E-state index in [0.29, 0.717) is 0 Å². The van der Waals surface area contributed by atoms with Gasteiger partial charge in [-0.3, -0.25) is 12.6 Å². The van der Waals surface area contributed by atoms with Crippen molar-refractivity contribution in [2.24, 2.45) is 0 Å². The minimum atomic E-state index is -5.00. The van der Waals surface area contributed by atoms with Crippen LogP contribution in [-0.2, 0) is 46.1 Å². The summed E-state index contributed by atoms with van der Waals surface area (Å²) in [5.41, 5.74) is 0. The van der Waals surface area contributed by atoms with Crippen LogP contribution in [0.1, 0.15) is 6.42 Å². The van der Waals surface area contributed by atoms with Crippen molar-refractivity contribution in [2.75, 3.05) is 6.61 Å². The molecule has 126 valence electrons. The molecule has 0 aromatic rings. The molecule has 0 aromatic carbocycles. The zero-order chi connectivity index (χ0) is 16.2. The van der Waals surface area contributed by atoms with Crippen molar-refractivity contribution in [2.45, 2.75) is 31.0 Å². The van der Waals surface area contributed by atoms with E-state index in [2.05, 4.69) is 8.37 Å². The molecular formula is C6H10NNa3O11S3. The Morgan fingerprint density at radius 2 is 1.79 bits per heavy atom. The first kappa shape index (κ1) is 31.6. The van der Waals surface area contributed by atoms with Crippen LogP contribution in [0.15, 0.2) is 0 Å². The molecule has 2 N–H and O–H groups in total. The second-order valence-electron chi connectivity index (χ2n) is 3.79. The third-order valence-corrected chi connectivity index (χ3v) is 3.66. The molecule has 1 aliphatic rings. The predicted molar refractivity (Wildman–Crippen MR) is 60.8 cm³/mol. The molecule has 1 rings (SSSR count). The summed E-state index contributed by atoms with van der Waals surface area (Å²) in [6.45, 7) is -0.790.